The molecule has 1 aliphatic heterocycles. The molecule has 0 unspecified atom stereocenters. The summed E-state index contributed by atoms with van der Waals surface area (Å²) in [6, 6.07) is 10.4. The Balaban J connectivity index is 1.57. The summed E-state index contributed by atoms with van der Waals surface area (Å²) >= 11 is 6.13. The van der Waals surface area contributed by atoms with Gasteiger partial charge in [-0.05, 0) is 42.5 Å². The van der Waals surface area contributed by atoms with Gasteiger partial charge in [0, 0.05) is 22.6 Å². The van der Waals surface area contributed by atoms with Crippen molar-refractivity contribution in [1.29, 1.82) is 0 Å². The maximum absolute atomic E-state index is 14.3. The molecule has 0 amide bonds. The van der Waals surface area contributed by atoms with Gasteiger partial charge in [0.15, 0.2) is 11.6 Å². The Morgan fingerprint density at radius 3 is 2.76 bits per heavy atom. The van der Waals surface area contributed by atoms with E-state index < -0.39 is 5.82 Å². The van der Waals surface area contributed by atoms with Crippen LogP contribution >= 0.6 is 11.6 Å². The molecule has 0 atom stereocenters. The van der Waals surface area contributed by atoms with Crippen molar-refractivity contribution in [3.05, 3.63) is 65.1 Å². The average molecular weight is 414 g/mol. The third kappa shape index (κ3) is 4.02. The molecule has 0 spiro atoms. The van der Waals surface area contributed by atoms with E-state index in [1.165, 1.54) is 7.11 Å². The Morgan fingerprint density at radius 2 is 1.97 bits per heavy atom. The van der Waals surface area contributed by atoms with E-state index in [0.717, 1.165) is 11.8 Å². The number of benzene rings is 2. The minimum absolute atomic E-state index is 0.0151. The number of nitrogens with two attached hydrogens (primary N) is 1. The van der Waals surface area contributed by atoms with Crippen molar-refractivity contribution in [2.45, 2.75) is 0 Å². The van der Waals surface area contributed by atoms with Crippen LogP contribution in [0.15, 0.2) is 48.7 Å². The van der Waals surface area contributed by atoms with Gasteiger partial charge in [0.1, 0.15) is 18.1 Å². The van der Waals surface area contributed by atoms with E-state index in [9.17, 15) is 4.39 Å². The first-order chi connectivity index (χ1) is 14.0. The summed E-state index contributed by atoms with van der Waals surface area (Å²) in [5, 5.41) is 6.37. The highest BCUT2D eigenvalue weighted by molar-refractivity contribution is 6.32. The lowest BCUT2D eigenvalue weighted by Gasteiger charge is -2.17. The number of methoxy groups -OCH3 is 1. The van der Waals surface area contributed by atoms with E-state index in [-0.39, 0.29) is 11.8 Å². The first-order valence-electron chi connectivity index (χ1n) is 8.66. The summed E-state index contributed by atoms with van der Waals surface area (Å²) in [7, 11) is 1.53. The second kappa shape index (κ2) is 7.84. The van der Waals surface area contributed by atoms with Crippen LogP contribution in [0.3, 0.4) is 0 Å². The predicted molar refractivity (Wildman–Crippen MR) is 111 cm³/mol. The summed E-state index contributed by atoms with van der Waals surface area (Å²) in [4.78, 5) is 8.18. The van der Waals surface area contributed by atoms with Gasteiger partial charge in [-0.15, -0.1) is 0 Å². The molecule has 4 rings (SSSR count). The van der Waals surface area contributed by atoms with Gasteiger partial charge in [0.25, 0.3) is 0 Å². The van der Waals surface area contributed by atoms with Crippen molar-refractivity contribution >= 4 is 40.4 Å². The maximum atomic E-state index is 14.3. The van der Waals surface area contributed by atoms with Gasteiger partial charge in [0.05, 0.1) is 18.3 Å². The molecule has 0 fully saturated rings. The van der Waals surface area contributed by atoms with Gasteiger partial charge in [-0.2, -0.15) is 4.98 Å². The zero-order valence-electron chi connectivity index (χ0n) is 15.4. The summed E-state index contributed by atoms with van der Waals surface area (Å²) in [6.07, 6.45) is 2.86. The zero-order chi connectivity index (χ0) is 20.4. The third-order valence-corrected chi connectivity index (χ3v) is 4.54. The predicted octanol–water partition coefficient (Wildman–Crippen LogP) is 4.46. The first-order valence-corrected chi connectivity index (χ1v) is 9.04. The lowest BCUT2D eigenvalue weighted by atomic mass is 10.1. The Labute approximate surface area is 171 Å². The number of anilines is 4. The molecule has 0 bridgehead atoms. The van der Waals surface area contributed by atoms with Crippen LogP contribution in [0.25, 0.3) is 5.70 Å². The standard InChI is InChI=1S/C20H17ClFN5O2/c1-28-18-5-3-12(9-14(18)21)26-20-24-10-15(22)19(27-20)25-11-2-4-17-13(8-11)16(23)6-7-29-17/h2-6,8-10H,7,23H2,1H3,(H2,24,25,26,27). The minimum atomic E-state index is -0.596. The van der Waals surface area contributed by atoms with Crippen molar-refractivity contribution in [3.63, 3.8) is 0 Å². The van der Waals surface area contributed by atoms with Crippen LogP contribution in [-0.2, 0) is 0 Å². The number of fused-ring (bicyclic) bond motifs is 1. The van der Waals surface area contributed by atoms with Crippen LogP contribution in [-0.4, -0.2) is 23.7 Å². The molecule has 0 saturated carbocycles. The van der Waals surface area contributed by atoms with E-state index in [0.29, 0.717) is 40.2 Å². The molecule has 7 nitrogen and oxygen atoms in total. The van der Waals surface area contributed by atoms with Crippen molar-refractivity contribution < 1.29 is 13.9 Å². The Hall–Kier alpha value is -3.52. The normalized spacial score (nSPS) is 12.4. The summed E-state index contributed by atoms with van der Waals surface area (Å²) in [5.41, 5.74) is 8.60. The molecular weight excluding hydrogens is 397 g/mol. The van der Waals surface area contributed by atoms with Crippen LogP contribution in [0.1, 0.15) is 5.56 Å². The van der Waals surface area contributed by atoms with Gasteiger partial charge in [-0.1, -0.05) is 11.6 Å². The third-order valence-electron chi connectivity index (χ3n) is 4.25. The number of hydrogen-bond donors (Lipinski definition) is 3. The van der Waals surface area contributed by atoms with Gasteiger partial charge in [-0.3, -0.25) is 0 Å². The summed E-state index contributed by atoms with van der Waals surface area (Å²) < 4.78 is 24.9. The molecule has 1 aromatic heterocycles. The molecule has 148 valence electrons. The number of rotatable bonds is 5. The molecule has 9 heteroatoms. The smallest absolute Gasteiger partial charge is 0.229 e. The molecule has 0 saturated heterocycles. The van der Waals surface area contributed by atoms with E-state index in [4.69, 9.17) is 26.8 Å². The van der Waals surface area contributed by atoms with Crippen molar-refractivity contribution in [2.24, 2.45) is 5.73 Å². The largest absolute Gasteiger partial charge is 0.495 e. The average Bonchev–Trinajstić information content (AvgIpc) is 2.71. The van der Waals surface area contributed by atoms with E-state index in [1.54, 1.807) is 42.5 Å². The molecule has 0 radical (unpaired) electrons. The van der Waals surface area contributed by atoms with E-state index in [2.05, 4.69) is 20.6 Å². The Bertz CT molecular complexity index is 1110. The molecule has 29 heavy (non-hydrogen) atoms. The number of nitrogens with zero attached hydrogens (tertiary/aromatic N) is 2. The molecule has 1 aliphatic rings. The Kier molecular flexibility index (Phi) is 5.09. The molecule has 3 aromatic rings. The molecule has 0 aliphatic carbocycles. The number of halogens is 2. The van der Waals surface area contributed by atoms with E-state index >= 15 is 0 Å². The second-order valence-corrected chi connectivity index (χ2v) is 6.58. The highest BCUT2D eigenvalue weighted by Gasteiger charge is 2.14. The quantitative estimate of drug-likeness (QED) is 0.568. The number of nitrogens with one attached hydrogen (secondary N) is 2. The minimum Gasteiger partial charge on any atom is -0.495 e. The second-order valence-electron chi connectivity index (χ2n) is 6.17. The van der Waals surface area contributed by atoms with Gasteiger partial charge in [0.2, 0.25) is 5.95 Å². The fraction of sp³-hybridized carbons (Fsp3) is 0.100. The van der Waals surface area contributed by atoms with Gasteiger partial charge < -0.3 is 25.8 Å². The van der Waals surface area contributed by atoms with Crippen molar-refractivity contribution in [3.8, 4) is 11.5 Å². The van der Waals surface area contributed by atoms with Crippen LogP contribution in [0, 0.1) is 5.82 Å². The van der Waals surface area contributed by atoms with Crippen LogP contribution < -0.4 is 25.8 Å². The highest BCUT2D eigenvalue weighted by Crippen LogP contribution is 2.32. The topological polar surface area (TPSA) is 94.3 Å². The highest BCUT2D eigenvalue weighted by atomic mass is 35.5. The lowest BCUT2D eigenvalue weighted by Crippen LogP contribution is -2.10. The summed E-state index contributed by atoms with van der Waals surface area (Å²) in [6.45, 7) is 0.427. The first kappa shape index (κ1) is 18.8. The monoisotopic (exact) mass is 413 g/mol. The SMILES string of the molecule is COc1ccc(Nc2ncc(F)c(Nc3ccc4c(c3)C(N)=CCO4)n2)cc1Cl. The summed E-state index contributed by atoms with van der Waals surface area (Å²) in [5.74, 6) is 0.847. The van der Waals surface area contributed by atoms with Crippen molar-refractivity contribution in [2.75, 3.05) is 24.4 Å². The zero-order valence-corrected chi connectivity index (χ0v) is 16.1. The van der Waals surface area contributed by atoms with Crippen LogP contribution in [0.5, 0.6) is 11.5 Å². The fourth-order valence-electron chi connectivity index (χ4n) is 2.82. The van der Waals surface area contributed by atoms with Gasteiger partial charge >= 0.3 is 0 Å². The van der Waals surface area contributed by atoms with E-state index in [1.807, 2.05) is 0 Å². The van der Waals surface area contributed by atoms with Crippen molar-refractivity contribution in [1.82, 2.24) is 9.97 Å². The molecule has 2 heterocycles. The number of hydrogen-bond acceptors (Lipinski definition) is 7. The molecular formula is C20H17ClFN5O2. The number of aromatic nitrogens is 2. The van der Waals surface area contributed by atoms with Crippen LogP contribution in [0.2, 0.25) is 5.02 Å². The molecule has 4 N–H and O–H groups in total. The Morgan fingerprint density at radius 1 is 1.17 bits per heavy atom. The fourth-order valence-corrected chi connectivity index (χ4v) is 3.07. The number of ether oxygens (including phenoxy) is 2. The maximum Gasteiger partial charge on any atom is 0.229 e. The lowest BCUT2D eigenvalue weighted by molar-refractivity contribution is 0.357. The van der Waals surface area contributed by atoms with Crippen LogP contribution in [0.4, 0.5) is 27.5 Å². The molecule has 2 aromatic carbocycles. The van der Waals surface area contributed by atoms with Gasteiger partial charge in [-0.25, -0.2) is 9.37 Å².